The van der Waals surface area contributed by atoms with Gasteiger partial charge in [0, 0.05) is 11.7 Å². The lowest BCUT2D eigenvalue weighted by Gasteiger charge is -2.22. The first kappa shape index (κ1) is 13.2. The largest absolute Gasteiger partial charge is 0.365 e. The maximum atomic E-state index is 4.85. The van der Waals surface area contributed by atoms with Gasteiger partial charge in [0.05, 0.1) is 4.88 Å². The van der Waals surface area contributed by atoms with Crippen molar-refractivity contribution in [2.24, 2.45) is 0 Å². The molecule has 0 bridgehead atoms. The van der Waals surface area contributed by atoms with E-state index in [1.54, 1.807) is 11.3 Å². The van der Waals surface area contributed by atoms with Crippen molar-refractivity contribution in [3.05, 3.63) is 41.4 Å². The first-order chi connectivity index (χ1) is 9.46. The lowest BCUT2D eigenvalue weighted by molar-refractivity contribution is 0.629. The number of nitrogens with zero attached hydrogens (tertiary/aromatic N) is 2. The monoisotopic (exact) mass is 285 g/mol. The number of anilines is 1. The maximum absolute atomic E-state index is 4.85. The van der Waals surface area contributed by atoms with E-state index < -0.39 is 0 Å². The zero-order valence-electron chi connectivity index (χ0n) is 12.3. The number of hydrogen-bond donors (Lipinski definition) is 1. The average Bonchev–Trinajstić information content (AvgIpc) is 2.96. The molecule has 0 fully saturated rings. The Kier molecular flexibility index (Phi) is 3.05. The van der Waals surface area contributed by atoms with Gasteiger partial charge in [0.25, 0.3) is 0 Å². The highest BCUT2D eigenvalue weighted by Gasteiger charge is 2.20. The Morgan fingerprint density at radius 3 is 2.65 bits per heavy atom. The molecule has 0 aromatic carbocycles. The molecule has 20 heavy (non-hydrogen) atoms. The van der Waals surface area contributed by atoms with Crippen LogP contribution in [0.5, 0.6) is 0 Å². The Bertz CT molecular complexity index is 733. The molecule has 0 aliphatic heterocycles. The minimum Gasteiger partial charge on any atom is -0.365 e. The summed E-state index contributed by atoms with van der Waals surface area (Å²) in [4.78, 5) is 6.04. The Labute approximate surface area is 123 Å². The number of thiophene rings is 1. The highest BCUT2D eigenvalue weighted by Crippen LogP contribution is 2.34. The highest BCUT2D eigenvalue weighted by molar-refractivity contribution is 7.13. The van der Waals surface area contributed by atoms with Crippen molar-refractivity contribution in [2.75, 3.05) is 5.32 Å². The summed E-state index contributed by atoms with van der Waals surface area (Å²) in [7, 11) is 0. The van der Waals surface area contributed by atoms with Crippen molar-refractivity contribution in [1.29, 1.82) is 0 Å². The normalized spacial score (nSPS) is 12.0. The van der Waals surface area contributed by atoms with Gasteiger partial charge in [-0.1, -0.05) is 12.1 Å². The summed E-state index contributed by atoms with van der Waals surface area (Å²) in [5, 5.41) is 5.69. The number of nitrogens with one attached hydrogen (secondary N) is 1. The fraction of sp³-hybridized carbons (Fsp3) is 0.312. The van der Waals surface area contributed by atoms with E-state index in [0.717, 1.165) is 17.2 Å². The Morgan fingerprint density at radius 2 is 2.00 bits per heavy atom. The lowest BCUT2D eigenvalue weighted by atomic mass is 10.1. The molecule has 0 radical (unpaired) electrons. The van der Waals surface area contributed by atoms with Crippen LogP contribution in [0.3, 0.4) is 0 Å². The van der Waals surface area contributed by atoms with Crippen LogP contribution in [-0.4, -0.2) is 14.9 Å². The van der Waals surface area contributed by atoms with Crippen LogP contribution < -0.4 is 5.32 Å². The SMILES string of the molecule is Cc1cccn2c(NC(C)(C)C)c(-c3cccs3)nc12. The van der Waals surface area contributed by atoms with E-state index in [-0.39, 0.29) is 5.54 Å². The fourth-order valence-electron chi connectivity index (χ4n) is 2.26. The van der Waals surface area contributed by atoms with Crippen LogP contribution in [-0.2, 0) is 0 Å². The van der Waals surface area contributed by atoms with E-state index in [1.807, 2.05) is 0 Å². The van der Waals surface area contributed by atoms with Gasteiger partial charge in [-0.05, 0) is 50.8 Å². The number of fused-ring (bicyclic) bond motifs is 1. The van der Waals surface area contributed by atoms with Gasteiger partial charge in [-0.15, -0.1) is 11.3 Å². The smallest absolute Gasteiger partial charge is 0.142 e. The summed E-state index contributed by atoms with van der Waals surface area (Å²) in [5.74, 6) is 1.07. The number of pyridine rings is 1. The molecule has 3 heterocycles. The molecule has 104 valence electrons. The zero-order chi connectivity index (χ0) is 14.3. The molecular formula is C16H19N3S. The van der Waals surface area contributed by atoms with Crippen molar-refractivity contribution in [3.63, 3.8) is 0 Å². The van der Waals surface area contributed by atoms with E-state index in [2.05, 4.69) is 73.3 Å². The molecule has 0 aliphatic carbocycles. The molecule has 3 aromatic heterocycles. The van der Waals surface area contributed by atoms with Gasteiger partial charge in [0.1, 0.15) is 17.2 Å². The highest BCUT2D eigenvalue weighted by atomic mass is 32.1. The molecule has 4 heteroatoms. The summed E-state index contributed by atoms with van der Waals surface area (Å²) in [5.41, 5.74) is 3.23. The minimum absolute atomic E-state index is 0.00822. The molecule has 0 saturated carbocycles. The molecule has 3 rings (SSSR count). The van der Waals surface area contributed by atoms with Crippen LogP contribution in [0.25, 0.3) is 16.2 Å². The number of rotatable bonds is 2. The summed E-state index contributed by atoms with van der Waals surface area (Å²) >= 11 is 1.72. The maximum Gasteiger partial charge on any atom is 0.142 e. The lowest BCUT2D eigenvalue weighted by Crippen LogP contribution is -2.27. The predicted molar refractivity (Wildman–Crippen MR) is 86.6 cm³/mol. The van der Waals surface area contributed by atoms with Crippen LogP contribution in [0.4, 0.5) is 5.82 Å². The van der Waals surface area contributed by atoms with Crippen molar-refractivity contribution < 1.29 is 0 Å². The number of aryl methyl sites for hydroxylation is 1. The third kappa shape index (κ3) is 2.31. The quantitative estimate of drug-likeness (QED) is 0.746. The molecule has 0 saturated heterocycles. The second-order valence-corrected chi connectivity index (χ2v) is 6.99. The molecular weight excluding hydrogens is 266 g/mol. The third-order valence-corrected chi connectivity index (χ3v) is 3.97. The van der Waals surface area contributed by atoms with E-state index in [9.17, 15) is 0 Å². The summed E-state index contributed by atoms with van der Waals surface area (Å²) < 4.78 is 2.15. The molecule has 0 amide bonds. The predicted octanol–water partition coefficient (Wildman–Crippen LogP) is 4.58. The average molecular weight is 285 g/mol. The summed E-state index contributed by atoms with van der Waals surface area (Å²) in [6, 6.07) is 8.35. The van der Waals surface area contributed by atoms with Gasteiger partial charge in [0.15, 0.2) is 0 Å². The second kappa shape index (κ2) is 4.63. The van der Waals surface area contributed by atoms with E-state index >= 15 is 0 Å². The van der Waals surface area contributed by atoms with Gasteiger partial charge in [-0.25, -0.2) is 4.98 Å². The van der Waals surface area contributed by atoms with Crippen molar-refractivity contribution in [2.45, 2.75) is 33.2 Å². The molecule has 3 nitrogen and oxygen atoms in total. The van der Waals surface area contributed by atoms with Gasteiger partial charge in [-0.2, -0.15) is 0 Å². The molecule has 0 unspecified atom stereocenters. The van der Waals surface area contributed by atoms with Gasteiger partial charge in [-0.3, -0.25) is 4.40 Å². The minimum atomic E-state index is -0.00822. The Hall–Kier alpha value is -1.81. The Morgan fingerprint density at radius 1 is 1.20 bits per heavy atom. The number of aromatic nitrogens is 2. The van der Waals surface area contributed by atoms with Crippen LogP contribution in [0.1, 0.15) is 26.3 Å². The number of imidazole rings is 1. The van der Waals surface area contributed by atoms with Crippen molar-refractivity contribution >= 4 is 22.8 Å². The van der Waals surface area contributed by atoms with Gasteiger partial charge < -0.3 is 5.32 Å². The van der Waals surface area contributed by atoms with Gasteiger partial charge >= 0.3 is 0 Å². The van der Waals surface area contributed by atoms with Crippen molar-refractivity contribution in [1.82, 2.24) is 9.38 Å². The van der Waals surface area contributed by atoms with Gasteiger partial charge in [0.2, 0.25) is 0 Å². The van der Waals surface area contributed by atoms with Crippen molar-refractivity contribution in [3.8, 4) is 10.6 Å². The molecule has 0 aliphatic rings. The van der Waals surface area contributed by atoms with Crippen LogP contribution in [0.15, 0.2) is 35.8 Å². The van der Waals surface area contributed by atoms with E-state index in [1.165, 1.54) is 10.4 Å². The third-order valence-electron chi connectivity index (χ3n) is 3.09. The second-order valence-electron chi connectivity index (χ2n) is 6.05. The van der Waals surface area contributed by atoms with E-state index in [4.69, 9.17) is 4.98 Å². The van der Waals surface area contributed by atoms with Crippen LogP contribution >= 0.6 is 11.3 Å². The standard InChI is InChI=1S/C16H19N3S/c1-11-7-5-9-19-14(11)17-13(12-8-6-10-20-12)15(19)18-16(2,3)4/h5-10,18H,1-4H3. The summed E-state index contributed by atoms with van der Waals surface area (Å²) in [6.45, 7) is 8.60. The number of hydrogen-bond acceptors (Lipinski definition) is 3. The molecule has 0 atom stereocenters. The fourth-order valence-corrected chi connectivity index (χ4v) is 2.98. The molecule has 1 N–H and O–H groups in total. The Balaban J connectivity index is 2.27. The van der Waals surface area contributed by atoms with Crippen LogP contribution in [0.2, 0.25) is 0 Å². The zero-order valence-corrected chi connectivity index (χ0v) is 13.1. The van der Waals surface area contributed by atoms with Crippen LogP contribution in [0, 0.1) is 6.92 Å². The van der Waals surface area contributed by atoms with E-state index in [0.29, 0.717) is 0 Å². The topological polar surface area (TPSA) is 29.3 Å². The first-order valence-electron chi connectivity index (χ1n) is 6.75. The molecule has 3 aromatic rings. The first-order valence-corrected chi connectivity index (χ1v) is 7.63. The molecule has 0 spiro atoms. The summed E-state index contributed by atoms with van der Waals surface area (Å²) in [6.07, 6.45) is 2.07.